The molecular weight excluding hydrogens is 228 g/mol. The Balaban J connectivity index is 1.70. The lowest BCUT2D eigenvalue weighted by atomic mass is 9.79. The first-order chi connectivity index (χ1) is 8.76. The van der Waals surface area contributed by atoms with Gasteiger partial charge in [-0.1, -0.05) is 0 Å². The van der Waals surface area contributed by atoms with Crippen molar-refractivity contribution in [3.8, 4) is 5.75 Å². The van der Waals surface area contributed by atoms with Crippen LogP contribution in [0, 0.1) is 11.8 Å². The second-order valence-electron chi connectivity index (χ2n) is 5.42. The molecule has 0 bridgehead atoms. The molecule has 0 amide bonds. The topological polar surface area (TPSA) is 64.3 Å². The first-order valence-corrected chi connectivity index (χ1v) is 6.63. The third-order valence-corrected chi connectivity index (χ3v) is 4.22. The van der Waals surface area contributed by atoms with Gasteiger partial charge >= 0.3 is 0 Å². The van der Waals surface area contributed by atoms with Gasteiger partial charge in [0.15, 0.2) is 5.75 Å². The molecule has 1 aromatic heterocycles. The quantitative estimate of drug-likeness (QED) is 0.847. The van der Waals surface area contributed by atoms with Crippen molar-refractivity contribution in [3.05, 3.63) is 12.4 Å². The lowest BCUT2D eigenvalue weighted by Crippen LogP contribution is -2.32. The number of nitrogens with two attached hydrogens (primary N) is 1. The normalized spacial score (nSPS) is 31.2. The van der Waals surface area contributed by atoms with Crippen LogP contribution in [0.15, 0.2) is 12.4 Å². The molecule has 1 saturated carbocycles. The molecule has 1 aromatic rings. The molecule has 2 N–H and O–H groups in total. The molecule has 5 heteroatoms. The third-order valence-electron chi connectivity index (χ3n) is 4.22. The second-order valence-corrected chi connectivity index (χ2v) is 5.42. The zero-order valence-corrected chi connectivity index (χ0v) is 10.7. The average molecular weight is 248 g/mol. The Morgan fingerprint density at radius 3 is 2.67 bits per heavy atom. The van der Waals surface area contributed by atoms with Gasteiger partial charge in [0.05, 0.1) is 19.5 Å². The summed E-state index contributed by atoms with van der Waals surface area (Å²) in [5, 5.41) is 0. The van der Waals surface area contributed by atoms with Crippen LogP contribution in [0.5, 0.6) is 5.75 Å². The van der Waals surface area contributed by atoms with Crippen molar-refractivity contribution in [3.63, 3.8) is 0 Å². The Hall–Kier alpha value is -1.36. The van der Waals surface area contributed by atoms with E-state index in [1.165, 1.54) is 12.8 Å². The summed E-state index contributed by atoms with van der Waals surface area (Å²) >= 11 is 0. The Kier molecular flexibility index (Phi) is 3.07. The fourth-order valence-corrected chi connectivity index (χ4v) is 3.21. The summed E-state index contributed by atoms with van der Waals surface area (Å²) in [5.41, 5.74) is 6.05. The molecule has 2 fully saturated rings. The number of rotatable bonds is 2. The van der Waals surface area contributed by atoms with E-state index in [9.17, 15) is 0 Å². The predicted octanol–water partition coefficient (Wildman–Crippen LogP) is 1.05. The van der Waals surface area contributed by atoms with Crippen LogP contribution in [0.2, 0.25) is 0 Å². The standard InChI is InChI=1S/C13H20N4O/c1-18-12-5-15-13(16-6-12)17-7-9-2-3-11(14)4-10(9)8-17/h5-6,9-11H,2-4,7-8,14H2,1H3/t9-,10+,11?/m1/s1. The van der Waals surface area contributed by atoms with Crippen molar-refractivity contribution < 1.29 is 4.74 Å². The van der Waals surface area contributed by atoms with E-state index in [1.54, 1.807) is 19.5 Å². The van der Waals surface area contributed by atoms with Crippen molar-refractivity contribution in [1.82, 2.24) is 9.97 Å². The highest BCUT2D eigenvalue weighted by molar-refractivity contribution is 5.33. The van der Waals surface area contributed by atoms with E-state index < -0.39 is 0 Å². The highest BCUT2D eigenvalue weighted by Crippen LogP contribution is 2.36. The minimum absolute atomic E-state index is 0.392. The number of fused-ring (bicyclic) bond motifs is 1. The van der Waals surface area contributed by atoms with Gasteiger partial charge in [0, 0.05) is 19.1 Å². The van der Waals surface area contributed by atoms with E-state index in [4.69, 9.17) is 10.5 Å². The molecule has 0 spiro atoms. The highest BCUT2D eigenvalue weighted by Gasteiger charge is 2.37. The Labute approximate surface area is 107 Å². The number of hydrogen-bond acceptors (Lipinski definition) is 5. The number of nitrogens with zero attached hydrogens (tertiary/aromatic N) is 3. The van der Waals surface area contributed by atoms with Crippen LogP contribution in [0.25, 0.3) is 0 Å². The molecule has 2 heterocycles. The Morgan fingerprint density at radius 2 is 1.94 bits per heavy atom. The zero-order valence-electron chi connectivity index (χ0n) is 10.7. The molecule has 5 nitrogen and oxygen atoms in total. The maximum atomic E-state index is 6.05. The summed E-state index contributed by atoms with van der Waals surface area (Å²) in [4.78, 5) is 11.0. The average Bonchev–Trinajstić information content (AvgIpc) is 2.81. The molecule has 0 aromatic carbocycles. The lowest BCUT2D eigenvalue weighted by Gasteiger charge is -2.27. The smallest absolute Gasteiger partial charge is 0.225 e. The largest absolute Gasteiger partial charge is 0.494 e. The predicted molar refractivity (Wildman–Crippen MR) is 69.6 cm³/mol. The summed E-state index contributed by atoms with van der Waals surface area (Å²) in [6.45, 7) is 2.12. The molecule has 2 aliphatic rings. The van der Waals surface area contributed by atoms with Crippen molar-refractivity contribution >= 4 is 5.95 Å². The number of methoxy groups -OCH3 is 1. The Bertz CT molecular complexity index is 408. The van der Waals surface area contributed by atoms with Crippen LogP contribution in [0.1, 0.15) is 19.3 Å². The molecule has 1 aliphatic carbocycles. The minimum Gasteiger partial charge on any atom is -0.494 e. The molecular formula is C13H20N4O. The first kappa shape index (κ1) is 11.7. The summed E-state index contributed by atoms with van der Waals surface area (Å²) in [5.74, 6) is 3.02. The van der Waals surface area contributed by atoms with E-state index in [1.807, 2.05) is 0 Å². The second kappa shape index (κ2) is 4.72. The van der Waals surface area contributed by atoms with Crippen LogP contribution in [-0.4, -0.2) is 36.2 Å². The fourth-order valence-electron chi connectivity index (χ4n) is 3.21. The van der Waals surface area contributed by atoms with Crippen molar-refractivity contribution in [2.75, 3.05) is 25.1 Å². The van der Waals surface area contributed by atoms with Crippen LogP contribution < -0.4 is 15.4 Å². The van der Waals surface area contributed by atoms with Gasteiger partial charge in [0.1, 0.15) is 0 Å². The van der Waals surface area contributed by atoms with Gasteiger partial charge in [0.2, 0.25) is 5.95 Å². The van der Waals surface area contributed by atoms with E-state index in [0.717, 1.165) is 37.3 Å². The maximum absolute atomic E-state index is 6.05. The van der Waals surface area contributed by atoms with Gasteiger partial charge in [-0.3, -0.25) is 0 Å². The van der Waals surface area contributed by atoms with E-state index in [2.05, 4.69) is 14.9 Å². The number of aromatic nitrogens is 2. The molecule has 1 unspecified atom stereocenters. The van der Waals surface area contributed by atoms with Gasteiger partial charge in [0.25, 0.3) is 0 Å². The molecule has 98 valence electrons. The third kappa shape index (κ3) is 2.14. The van der Waals surface area contributed by atoms with Crippen LogP contribution in [-0.2, 0) is 0 Å². The molecule has 1 aliphatic heterocycles. The molecule has 18 heavy (non-hydrogen) atoms. The van der Waals surface area contributed by atoms with Crippen molar-refractivity contribution in [1.29, 1.82) is 0 Å². The monoisotopic (exact) mass is 248 g/mol. The maximum Gasteiger partial charge on any atom is 0.225 e. The summed E-state index contributed by atoms with van der Waals surface area (Å²) in [6, 6.07) is 0.392. The van der Waals surface area contributed by atoms with Gasteiger partial charge in [-0.15, -0.1) is 0 Å². The van der Waals surface area contributed by atoms with Crippen molar-refractivity contribution in [2.24, 2.45) is 17.6 Å². The first-order valence-electron chi connectivity index (χ1n) is 6.63. The summed E-state index contributed by atoms with van der Waals surface area (Å²) in [6.07, 6.45) is 7.03. The van der Waals surface area contributed by atoms with Crippen LogP contribution in [0.3, 0.4) is 0 Å². The van der Waals surface area contributed by atoms with Crippen molar-refractivity contribution in [2.45, 2.75) is 25.3 Å². The number of anilines is 1. The van der Waals surface area contributed by atoms with Gasteiger partial charge in [-0.25, -0.2) is 9.97 Å². The number of hydrogen-bond donors (Lipinski definition) is 1. The zero-order chi connectivity index (χ0) is 12.5. The summed E-state index contributed by atoms with van der Waals surface area (Å²) < 4.78 is 5.08. The van der Waals surface area contributed by atoms with Crippen LogP contribution in [0.4, 0.5) is 5.95 Å². The number of ether oxygens (including phenoxy) is 1. The molecule has 3 atom stereocenters. The molecule has 0 radical (unpaired) electrons. The van der Waals surface area contributed by atoms with E-state index >= 15 is 0 Å². The van der Waals surface area contributed by atoms with E-state index in [0.29, 0.717) is 11.8 Å². The SMILES string of the molecule is COc1cnc(N2C[C@H]3CCC(N)C[C@H]3C2)nc1. The Morgan fingerprint density at radius 1 is 1.22 bits per heavy atom. The van der Waals surface area contributed by atoms with Crippen LogP contribution >= 0.6 is 0 Å². The minimum atomic E-state index is 0.392. The lowest BCUT2D eigenvalue weighted by molar-refractivity contribution is 0.271. The summed E-state index contributed by atoms with van der Waals surface area (Å²) in [7, 11) is 1.63. The van der Waals surface area contributed by atoms with Gasteiger partial charge in [-0.05, 0) is 31.1 Å². The molecule has 1 saturated heterocycles. The molecule has 3 rings (SSSR count). The van der Waals surface area contributed by atoms with E-state index in [-0.39, 0.29) is 0 Å². The highest BCUT2D eigenvalue weighted by atomic mass is 16.5. The van der Waals surface area contributed by atoms with Gasteiger partial charge < -0.3 is 15.4 Å². The van der Waals surface area contributed by atoms with Gasteiger partial charge in [-0.2, -0.15) is 0 Å². The fraction of sp³-hybridized carbons (Fsp3) is 0.692.